The molecule has 6 nitrogen and oxygen atoms in total. The third-order valence-electron chi connectivity index (χ3n) is 3.94. The molecule has 0 aliphatic carbocycles. The van der Waals surface area contributed by atoms with Crippen LogP contribution in [0.4, 0.5) is 11.4 Å². The Balaban J connectivity index is 1.84. The second-order valence-corrected chi connectivity index (χ2v) is 8.01. The SMILES string of the molecule is COc1ccc(C(=O)Nc2cc(N3CCCS3(=O)=O)ccc2Cl)cc1. The van der Waals surface area contributed by atoms with E-state index in [4.69, 9.17) is 16.3 Å². The molecular weight excluding hydrogens is 364 g/mol. The Morgan fingerprint density at radius 3 is 2.52 bits per heavy atom. The number of hydrogen-bond donors (Lipinski definition) is 1. The standard InChI is InChI=1S/C17H17ClN2O4S/c1-24-14-6-3-12(4-7-14)17(21)19-16-11-13(5-8-15(16)18)20-9-2-10-25(20,22)23/h3-8,11H,2,9-10H2,1H3,(H,19,21). The van der Waals surface area contributed by atoms with E-state index in [-0.39, 0.29) is 11.7 Å². The summed E-state index contributed by atoms with van der Waals surface area (Å²) in [7, 11) is -1.75. The number of rotatable bonds is 4. The van der Waals surface area contributed by atoms with Gasteiger partial charge in [0, 0.05) is 12.1 Å². The van der Waals surface area contributed by atoms with Gasteiger partial charge in [-0.1, -0.05) is 11.6 Å². The van der Waals surface area contributed by atoms with Gasteiger partial charge in [-0.15, -0.1) is 0 Å². The molecule has 0 radical (unpaired) electrons. The Morgan fingerprint density at radius 1 is 1.20 bits per heavy atom. The lowest BCUT2D eigenvalue weighted by atomic mass is 10.2. The predicted molar refractivity (Wildman–Crippen MR) is 98.1 cm³/mol. The molecule has 1 fully saturated rings. The number of methoxy groups -OCH3 is 1. The lowest BCUT2D eigenvalue weighted by Gasteiger charge is -2.18. The Hall–Kier alpha value is -2.25. The smallest absolute Gasteiger partial charge is 0.255 e. The second-order valence-electron chi connectivity index (χ2n) is 5.59. The maximum Gasteiger partial charge on any atom is 0.255 e. The van der Waals surface area contributed by atoms with Gasteiger partial charge in [-0.25, -0.2) is 8.42 Å². The van der Waals surface area contributed by atoms with Crippen molar-refractivity contribution in [3.8, 4) is 5.75 Å². The number of hydrogen-bond acceptors (Lipinski definition) is 4. The number of carbonyl (C=O) groups excluding carboxylic acids is 1. The van der Waals surface area contributed by atoms with E-state index in [1.54, 1.807) is 49.6 Å². The molecule has 1 aliphatic rings. The largest absolute Gasteiger partial charge is 0.497 e. The van der Waals surface area contributed by atoms with Crippen molar-refractivity contribution in [3.63, 3.8) is 0 Å². The van der Waals surface area contributed by atoms with Gasteiger partial charge in [0.25, 0.3) is 5.91 Å². The van der Waals surface area contributed by atoms with E-state index in [0.717, 1.165) is 0 Å². The Labute approximate surface area is 151 Å². The molecule has 25 heavy (non-hydrogen) atoms. The summed E-state index contributed by atoms with van der Waals surface area (Å²) in [6.07, 6.45) is 0.582. The minimum Gasteiger partial charge on any atom is -0.497 e. The second kappa shape index (κ2) is 6.93. The zero-order chi connectivity index (χ0) is 18.0. The first-order valence-corrected chi connectivity index (χ1v) is 9.65. The molecule has 0 unspecified atom stereocenters. The third-order valence-corrected chi connectivity index (χ3v) is 6.14. The maximum atomic E-state index is 12.4. The third kappa shape index (κ3) is 3.72. The molecule has 3 rings (SSSR count). The molecule has 0 bridgehead atoms. The maximum absolute atomic E-state index is 12.4. The van der Waals surface area contributed by atoms with E-state index in [1.165, 1.54) is 4.31 Å². The monoisotopic (exact) mass is 380 g/mol. The number of halogens is 1. The zero-order valence-electron chi connectivity index (χ0n) is 13.5. The number of benzene rings is 2. The summed E-state index contributed by atoms with van der Waals surface area (Å²) < 4.78 is 30.5. The summed E-state index contributed by atoms with van der Waals surface area (Å²) in [5.74, 6) is 0.435. The Bertz CT molecular complexity index is 897. The summed E-state index contributed by atoms with van der Waals surface area (Å²) in [6, 6.07) is 11.4. The molecule has 2 aromatic carbocycles. The molecule has 8 heteroatoms. The van der Waals surface area contributed by atoms with Gasteiger partial charge in [0.15, 0.2) is 0 Å². The summed E-state index contributed by atoms with van der Waals surface area (Å²) in [6.45, 7) is 0.426. The Kier molecular flexibility index (Phi) is 4.87. The van der Waals surface area contributed by atoms with E-state index in [2.05, 4.69) is 5.32 Å². The van der Waals surface area contributed by atoms with Crippen molar-refractivity contribution in [1.82, 2.24) is 0 Å². The fourth-order valence-corrected chi connectivity index (χ4v) is 4.35. The highest BCUT2D eigenvalue weighted by molar-refractivity contribution is 7.93. The van der Waals surface area contributed by atoms with Crippen LogP contribution in [-0.2, 0) is 10.0 Å². The molecule has 1 N–H and O–H groups in total. The molecule has 2 aromatic rings. The van der Waals surface area contributed by atoms with Crippen molar-refractivity contribution in [2.45, 2.75) is 6.42 Å². The lowest BCUT2D eigenvalue weighted by molar-refractivity contribution is 0.102. The van der Waals surface area contributed by atoms with Crippen molar-refractivity contribution >= 4 is 38.9 Å². The molecule has 0 spiro atoms. The van der Waals surface area contributed by atoms with Crippen LogP contribution in [0.5, 0.6) is 5.75 Å². The number of amides is 1. The van der Waals surface area contributed by atoms with Crippen molar-refractivity contribution in [2.75, 3.05) is 29.0 Å². The minimum atomic E-state index is -3.29. The zero-order valence-corrected chi connectivity index (χ0v) is 15.1. The summed E-state index contributed by atoms with van der Waals surface area (Å²) >= 11 is 6.15. The summed E-state index contributed by atoms with van der Waals surface area (Å²) in [5, 5.41) is 3.06. The number of carbonyl (C=O) groups is 1. The minimum absolute atomic E-state index is 0.128. The van der Waals surface area contributed by atoms with Crippen LogP contribution in [0.15, 0.2) is 42.5 Å². The van der Waals surface area contributed by atoms with Crippen molar-refractivity contribution in [3.05, 3.63) is 53.1 Å². The molecular formula is C17H17ClN2O4S. The number of nitrogens with zero attached hydrogens (tertiary/aromatic N) is 1. The number of ether oxygens (including phenoxy) is 1. The molecule has 1 aliphatic heterocycles. The van der Waals surface area contributed by atoms with Crippen LogP contribution in [-0.4, -0.2) is 33.7 Å². The van der Waals surface area contributed by atoms with Crippen LogP contribution in [0.2, 0.25) is 5.02 Å². The van der Waals surface area contributed by atoms with Crippen LogP contribution < -0.4 is 14.4 Å². The van der Waals surface area contributed by atoms with Gasteiger partial charge in [0.1, 0.15) is 5.75 Å². The first-order valence-electron chi connectivity index (χ1n) is 7.66. The van der Waals surface area contributed by atoms with E-state index >= 15 is 0 Å². The van der Waals surface area contributed by atoms with Crippen LogP contribution in [0, 0.1) is 0 Å². The van der Waals surface area contributed by atoms with Gasteiger partial charge in [-0.2, -0.15) is 0 Å². The predicted octanol–water partition coefficient (Wildman–Crippen LogP) is 3.14. The molecule has 0 atom stereocenters. The number of sulfonamides is 1. The van der Waals surface area contributed by atoms with E-state index in [9.17, 15) is 13.2 Å². The molecule has 1 saturated heterocycles. The van der Waals surface area contributed by atoms with E-state index < -0.39 is 10.0 Å². The summed E-state index contributed by atoms with van der Waals surface area (Å²) in [5.41, 5.74) is 1.30. The van der Waals surface area contributed by atoms with Gasteiger partial charge in [0.2, 0.25) is 10.0 Å². The van der Waals surface area contributed by atoms with Gasteiger partial charge in [0.05, 0.1) is 29.3 Å². The number of anilines is 2. The normalized spacial score (nSPS) is 15.8. The number of nitrogens with one attached hydrogen (secondary N) is 1. The van der Waals surface area contributed by atoms with Gasteiger partial charge < -0.3 is 10.1 Å². The first kappa shape index (κ1) is 17.6. The molecule has 132 valence electrons. The van der Waals surface area contributed by atoms with Crippen molar-refractivity contribution in [2.24, 2.45) is 0 Å². The molecule has 0 saturated carbocycles. The van der Waals surface area contributed by atoms with Crippen molar-refractivity contribution in [1.29, 1.82) is 0 Å². The highest BCUT2D eigenvalue weighted by Crippen LogP contribution is 2.31. The first-order chi connectivity index (χ1) is 11.9. The fraction of sp³-hybridized carbons (Fsp3) is 0.235. The topological polar surface area (TPSA) is 75.7 Å². The van der Waals surface area contributed by atoms with Gasteiger partial charge >= 0.3 is 0 Å². The Morgan fingerprint density at radius 2 is 1.92 bits per heavy atom. The van der Waals surface area contributed by atoms with Crippen LogP contribution in [0.1, 0.15) is 16.8 Å². The van der Waals surface area contributed by atoms with Crippen molar-refractivity contribution < 1.29 is 17.9 Å². The van der Waals surface area contributed by atoms with E-state index in [1.807, 2.05) is 0 Å². The molecule has 0 aromatic heterocycles. The van der Waals surface area contributed by atoms with Crippen LogP contribution >= 0.6 is 11.6 Å². The average Bonchev–Trinajstić information content (AvgIpc) is 2.96. The van der Waals surface area contributed by atoms with Gasteiger partial charge in [-0.05, 0) is 48.9 Å². The van der Waals surface area contributed by atoms with Crippen LogP contribution in [0.3, 0.4) is 0 Å². The molecule has 1 heterocycles. The summed E-state index contributed by atoms with van der Waals surface area (Å²) in [4.78, 5) is 12.4. The lowest BCUT2D eigenvalue weighted by Crippen LogP contribution is -2.25. The average molecular weight is 381 g/mol. The van der Waals surface area contributed by atoms with E-state index in [0.29, 0.717) is 40.7 Å². The highest BCUT2D eigenvalue weighted by atomic mass is 35.5. The highest BCUT2D eigenvalue weighted by Gasteiger charge is 2.28. The van der Waals surface area contributed by atoms with Gasteiger partial charge in [-0.3, -0.25) is 9.10 Å². The fourth-order valence-electron chi connectivity index (χ4n) is 2.63. The van der Waals surface area contributed by atoms with Crippen LogP contribution in [0.25, 0.3) is 0 Å². The quantitative estimate of drug-likeness (QED) is 0.884. The molecule has 1 amide bonds.